The normalized spacial score (nSPS) is 18.0. The molecule has 2 N–H and O–H groups in total. The standard InChI is InChI=1S/C19H30N2O/c1-14-6-5-7-17(12-14)19(3,4)21-18(22)13-15(2)16-8-10-20-11-9-16/h5-7,12,15-16,20H,8-11,13H2,1-4H3,(H,21,22). The number of nitrogens with one attached hydrogen (secondary N) is 2. The first-order valence-corrected chi connectivity index (χ1v) is 8.47. The number of hydrogen-bond donors (Lipinski definition) is 2. The highest BCUT2D eigenvalue weighted by Gasteiger charge is 2.26. The molecule has 1 aromatic carbocycles. The molecule has 3 nitrogen and oxygen atoms in total. The summed E-state index contributed by atoms with van der Waals surface area (Å²) in [7, 11) is 0. The van der Waals surface area contributed by atoms with Crippen LogP contribution in [0.4, 0.5) is 0 Å². The molecule has 0 aliphatic carbocycles. The van der Waals surface area contributed by atoms with Crippen LogP contribution in [0.5, 0.6) is 0 Å². The monoisotopic (exact) mass is 302 g/mol. The Kier molecular flexibility index (Phi) is 5.63. The van der Waals surface area contributed by atoms with Gasteiger partial charge in [-0.05, 0) is 64.1 Å². The molecule has 1 saturated heterocycles. The summed E-state index contributed by atoms with van der Waals surface area (Å²) in [6.45, 7) is 10.6. The maximum absolute atomic E-state index is 12.4. The van der Waals surface area contributed by atoms with Crippen molar-refractivity contribution in [1.82, 2.24) is 10.6 Å². The number of piperidine rings is 1. The molecule has 1 amide bonds. The van der Waals surface area contributed by atoms with Gasteiger partial charge >= 0.3 is 0 Å². The van der Waals surface area contributed by atoms with Crippen LogP contribution in [0, 0.1) is 18.8 Å². The van der Waals surface area contributed by atoms with Crippen LogP contribution in [0.2, 0.25) is 0 Å². The van der Waals surface area contributed by atoms with Crippen LogP contribution in [0.25, 0.3) is 0 Å². The number of benzene rings is 1. The Morgan fingerprint density at radius 2 is 2.05 bits per heavy atom. The lowest BCUT2D eigenvalue weighted by molar-refractivity contribution is -0.124. The fourth-order valence-electron chi connectivity index (χ4n) is 3.38. The molecule has 1 aliphatic heterocycles. The van der Waals surface area contributed by atoms with Gasteiger partial charge in [0.25, 0.3) is 0 Å². The van der Waals surface area contributed by atoms with Gasteiger partial charge in [0.1, 0.15) is 0 Å². The van der Waals surface area contributed by atoms with E-state index in [-0.39, 0.29) is 11.4 Å². The van der Waals surface area contributed by atoms with Gasteiger partial charge in [0.05, 0.1) is 5.54 Å². The third-order valence-electron chi connectivity index (χ3n) is 4.89. The van der Waals surface area contributed by atoms with Crippen LogP contribution < -0.4 is 10.6 Å². The van der Waals surface area contributed by atoms with E-state index in [4.69, 9.17) is 0 Å². The van der Waals surface area contributed by atoms with Crippen molar-refractivity contribution in [2.24, 2.45) is 11.8 Å². The predicted molar refractivity (Wildman–Crippen MR) is 91.7 cm³/mol. The minimum absolute atomic E-state index is 0.164. The first-order valence-electron chi connectivity index (χ1n) is 8.47. The van der Waals surface area contributed by atoms with Crippen LogP contribution in [0.15, 0.2) is 24.3 Å². The van der Waals surface area contributed by atoms with E-state index >= 15 is 0 Å². The molecule has 1 aromatic rings. The summed E-state index contributed by atoms with van der Waals surface area (Å²) in [5.74, 6) is 1.29. The van der Waals surface area contributed by atoms with Crippen molar-refractivity contribution in [1.29, 1.82) is 0 Å². The van der Waals surface area contributed by atoms with Crippen LogP contribution >= 0.6 is 0 Å². The van der Waals surface area contributed by atoms with Crippen molar-refractivity contribution in [2.75, 3.05) is 13.1 Å². The number of hydrogen-bond acceptors (Lipinski definition) is 2. The molecule has 1 fully saturated rings. The van der Waals surface area contributed by atoms with Crippen LogP contribution in [-0.2, 0) is 10.3 Å². The molecule has 3 heteroatoms. The lowest BCUT2D eigenvalue weighted by Gasteiger charge is -2.31. The van der Waals surface area contributed by atoms with Gasteiger partial charge in [-0.1, -0.05) is 36.8 Å². The second-order valence-corrected chi connectivity index (χ2v) is 7.31. The second-order valence-electron chi connectivity index (χ2n) is 7.31. The van der Waals surface area contributed by atoms with E-state index in [0.717, 1.165) is 18.7 Å². The van der Waals surface area contributed by atoms with E-state index in [2.05, 4.69) is 62.6 Å². The van der Waals surface area contributed by atoms with E-state index in [1.54, 1.807) is 0 Å². The molecule has 0 radical (unpaired) electrons. The van der Waals surface area contributed by atoms with Crippen molar-refractivity contribution in [2.45, 2.75) is 52.5 Å². The molecule has 1 aliphatic rings. The van der Waals surface area contributed by atoms with Crippen molar-refractivity contribution < 1.29 is 4.79 Å². The Hall–Kier alpha value is -1.35. The molecule has 22 heavy (non-hydrogen) atoms. The first-order chi connectivity index (χ1) is 10.4. The zero-order valence-electron chi connectivity index (χ0n) is 14.4. The molecule has 0 aromatic heterocycles. The van der Waals surface area contributed by atoms with Gasteiger partial charge in [0.2, 0.25) is 5.91 Å². The summed E-state index contributed by atoms with van der Waals surface area (Å²) >= 11 is 0. The molecule has 122 valence electrons. The Bertz CT molecular complexity index is 504. The fourth-order valence-corrected chi connectivity index (χ4v) is 3.38. The molecule has 0 spiro atoms. The van der Waals surface area contributed by atoms with E-state index in [0.29, 0.717) is 18.3 Å². The van der Waals surface area contributed by atoms with E-state index in [1.165, 1.54) is 18.4 Å². The zero-order chi connectivity index (χ0) is 16.2. The molecule has 1 unspecified atom stereocenters. The summed E-state index contributed by atoms with van der Waals surface area (Å²) in [5, 5.41) is 6.60. The topological polar surface area (TPSA) is 41.1 Å². The lowest BCUT2D eigenvalue weighted by Crippen LogP contribution is -2.42. The highest BCUT2D eigenvalue weighted by atomic mass is 16.1. The summed E-state index contributed by atoms with van der Waals surface area (Å²) in [6, 6.07) is 8.37. The predicted octanol–water partition coefficient (Wildman–Crippen LogP) is 3.37. The molecule has 1 atom stereocenters. The van der Waals surface area contributed by atoms with Crippen LogP contribution in [-0.4, -0.2) is 19.0 Å². The number of carbonyl (C=O) groups excluding carboxylic acids is 1. The highest BCUT2D eigenvalue weighted by Crippen LogP contribution is 2.26. The average molecular weight is 302 g/mol. The Labute approximate surface area is 134 Å². The van der Waals surface area contributed by atoms with Crippen LogP contribution in [0.1, 0.15) is 51.2 Å². The van der Waals surface area contributed by atoms with Gasteiger partial charge in [0.15, 0.2) is 0 Å². The number of aryl methyl sites for hydroxylation is 1. The highest BCUT2D eigenvalue weighted by molar-refractivity contribution is 5.77. The van der Waals surface area contributed by atoms with Gasteiger partial charge < -0.3 is 10.6 Å². The maximum atomic E-state index is 12.4. The molecule has 0 saturated carbocycles. The van der Waals surface area contributed by atoms with Crippen molar-refractivity contribution in [3.05, 3.63) is 35.4 Å². The molecule has 1 heterocycles. The van der Waals surface area contributed by atoms with Gasteiger partial charge in [-0.15, -0.1) is 0 Å². The number of carbonyl (C=O) groups is 1. The lowest BCUT2D eigenvalue weighted by atomic mass is 9.83. The summed E-state index contributed by atoms with van der Waals surface area (Å²) in [5.41, 5.74) is 2.06. The van der Waals surface area contributed by atoms with Gasteiger partial charge in [-0.3, -0.25) is 4.79 Å². The maximum Gasteiger partial charge on any atom is 0.220 e. The van der Waals surface area contributed by atoms with E-state index in [9.17, 15) is 4.79 Å². The quantitative estimate of drug-likeness (QED) is 0.875. The Balaban J connectivity index is 1.92. The van der Waals surface area contributed by atoms with Gasteiger partial charge in [-0.25, -0.2) is 0 Å². The largest absolute Gasteiger partial charge is 0.347 e. The molecular weight excluding hydrogens is 272 g/mol. The van der Waals surface area contributed by atoms with Gasteiger partial charge in [-0.2, -0.15) is 0 Å². The zero-order valence-corrected chi connectivity index (χ0v) is 14.4. The molecule has 0 bridgehead atoms. The Morgan fingerprint density at radius 1 is 1.36 bits per heavy atom. The summed E-state index contributed by atoms with van der Waals surface area (Å²) < 4.78 is 0. The molecular formula is C19H30N2O. The average Bonchev–Trinajstić information content (AvgIpc) is 2.47. The minimum atomic E-state index is -0.322. The Morgan fingerprint density at radius 3 is 2.68 bits per heavy atom. The van der Waals surface area contributed by atoms with E-state index < -0.39 is 0 Å². The van der Waals surface area contributed by atoms with Gasteiger partial charge in [0, 0.05) is 6.42 Å². The number of rotatable bonds is 5. The minimum Gasteiger partial charge on any atom is -0.347 e. The van der Waals surface area contributed by atoms with Crippen molar-refractivity contribution in [3.63, 3.8) is 0 Å². The van der Waals surface area contributed by atoms with Crippen molar-refractivity contribution in [3.8, 4) is 0 Å². The van der Waals surface area contributed by atoms with E-state index in [1.807, 2.05) is 0 Å². The third kappa shape index (κ3) is 4.57. The fraction of sp³-hybridized carbons (Fsp3) is 0.632. The smallest absolute Gasteiger partial charge is 0.220 e. The SMILES string of the molecule is Cc1cccc(C(C)(C)NC(=O)CC(C)C2CCNCC2)c1. The van der Waals surface area contributed by atoms with Crippen LogP contribution in [0.3, 0.4) is 0 Å². The summed E-state index contributed by atoms with van der Waals surface area (Å²) in [6.07, 6.45) is 3.01. The molecule has 2 rings (SSSR count). The second kappa shape index (κ2) is 7.28. The number of amides is 1. The first kappa shape index (κ1) is 17.0. The van der Waals surface area contributed by atoms with Crippen molar-refractivity contribution >= 4 is 5.91 Å². The summed E-state index contributed by atoms with van der Waals surface area (Å²) in [4.78, 5) is 12.4. The third-order valence-corrected chi connectivity index (χ3v) is 4.89.